The second-order valence-corrected chi connectivity index (χ2v) is 8.26. The van der Waals surface area contributed by atoms with E-state index in [1.54, 1.807) is 37.2 Å². The van der Waals surface area contributed by atoms with Crippen molar-refractivity contribution in [2.75, 3.05) is 17.3 Å². The molecule has 1 fully saturated rings. The molecule has 1 saturated carbocycles. The zero-order valence-corrected chi connectivity index (χ0v) is 17.4. The lowest BCUT2D eigenvalue weighted by Crippen LogP contribution is -2.35. The van der Waals surface area contributed by atoms with Crippen LogP contribution in [-0.2, 0) is 4.79 Å². The van der Waals surface area contributed by atoms with Crippen molar-refractivity contribution < 1.29 is 23.8 Å². The van der Waals surface area contributed by atoms with Crippen LogP contribution in [0.1, 0.15) is 48.3 Å². The molecule has 1 amide bonds. The summed E-state index contributed by atoms with van der Waals surface area (Å²) in [7, 11) is 1.71. The van der Waals surface area contributed by atoms with Crippen LogP contribution in [0.4, 0.5) is 20.3 Å². The van der Waals surface area contributed by atoms with Crippen LogP contribution in [0.25, 0.3) is 11.6 Å². The van der Waals surface area contributed by atoms with Gasteiger partial charge in [0.1, 0.15) is 5.82 Å². The molecule has 31 heavy (non-hydrogen) atoms. The van der Waals surface area contributed by atoms with Crippen LogP contribution in [0.15, 0.2) is 24.5 Å². The molecular weight excluding hydrogens is 406 g/mol. The van der Waals surface area contributed by atoms with Gasteiger partial charge in [-0.2, -0.15) is 0 Å². The van der Waals surface area contributed by atoms with Gasteiger partial charge in [0.15, 0.2) is 12.3 Å². The van der Waals surface area contributed by atoms with Gasteiger partial charge in [-0.05, 0) is 37.5 Å². The molecule has 0 saturated heterocycles. The van der Waals surface area contributed by atoms with Crippen molar-refractivity contribution in [3.8, 4) is 0 Å². The van der Waals surface area contributed by atoms with Crippen molar-refractivity contribution in [1.82, 2.24) is 9.97 Å². The minimum atomic E-state index is -3.32. The number of aromatic nitrogens is 2. The van der Waals surface area contributed by atoms with Gasteiger partial charge in [-0.25, -0.2) is 13.8 Å². The molecule has 9 heteroatoms. The molecule has 0 bridgehead atoms. The van der Waals surface area contributed by atoms with E-state index in [1.807, 2.05) is 0 Å². The lowest BCUT2D eigenvalue weighted by molar-refractivity contribution is -0.117. The summed E-state index contributed by atoms with van der Waals surface area (Å²) < 4.78 is 26.9. The highest BCUT2D eigenvalue weighted by Crippen LogP contribution is 2.38. The van der Waals surface area contributed by atoms with Gasteiger partial charge >= 0.3 is 0 Å². The Morgan fingerprint density at radius 1 is 1.29 bits per heavy atom. The zero-order chi connectivity index (χ0) is 22.5. The maximum Gasteiger partial charge on any atom is 0.276 e. The number of aliphatic hydroxyl groups is 2. The number of fused-ring (bicyclic) bond motifs is 1. The second kappa shape index (κ2) is 7.65. The molecule has 3 N–H and O–H groups in total. The number of hydrogen-bond donors (Lipinski definition) is 3. The highest BCUT2D eigenvalue weighted by atomic mass is 19.3. The first-order valence-corrected chi connectivity index (χ1v) is 10.0. The van der Waals surface area contributed by atoms with Gasteiger partial charge < -0.3 is 20.4 Å². The Morgan fingerprint density at radius 2 is 2.00 bits per heavy atom. The molecule has 7 nitrogen and oxygen atoms in total. The highest BCUT2D eigenvalue weighted by Gasteiger charge is 2.35. The number of nitrogens with zero attached hydrogens (tertiary/aromatic N) is 3. The third kappa shape index (κ3) is 4.15. The number of rotatable bonds is 5. The number of carbonyl (C=O) groups is 1. The van der Waals surface area contributed by atoms with Crippen LogP contribution >= 0.6 is 0 Å². The lowest BCUT2D eigenvalue weighted by atomic mass is 9.94. The van der Waals surface area contributed by atoms with Crippen LogP contribution < -0.4 is 10.2 Å². The average molecular weight is 430 g/mol. The molecule has 0 aromatic carbocycles. The van der Waals surface area contributed by atoms with Crippen molar-refractivity contribution in [2.45, 2.75) is 44.9 Å². The van der Waals surface area contributed by atoms with Crippen LogP contribution in [0.2, 0.25) is 0 Å². The molecule has 3 heterocycles. The monoisotopic (exact) mass is 430 g/mol. The molecular formula is C22H24F2N4O3. The molecule has 0 spiro atoms. The van der Waals surface area contributed by atoms with E-state index in [9.17, 15) is 23.8 Å². The number of anilines is 2. The van der Waals surface area contributed by atoms with Crippen molar-refractivity contribution >= 4 is 29.1 Å². The first kappa shape index (κ1) is 21.3. The first-order valence-electron chi connectivity index (χ1n) is 10.0. The SMILES string of the molecule is Cc1cc(C(O)C(C)(F)F)ncc1C1=Cc2cnc(NC(=O)C3CC3)cc2N(C)C1O. The lowest BCUT2D eigenvalue weighted by Gasteiger charge is -2.33. The Morgan fingerprint density at radius 3 is 2.61 bits per heavy atom. The van der Waals surface area contributed by atoms with Gasteiger partial charge in [0.2, 0.25) is 5.91 Å². The zero-order valence-electron chi connectivity index (χ0n) is 17.4. The van der Waals surface area contributed by atoms with E-state index in [4.69, 9.17) is 0 Å². The maximum atomic E-state index is 13.4. The van der Waals surface area contributed by atoms with Crippen molar-refractivity contribution in [1.29, 1.82) is 0 Å². The Kier molecular flexibility index (Phi) is 5.26. The Balaban J connectivity index is 1.65. The van der Waals surface area contributed by atoms with Gasteiger partial charge in [0.05, 0.1) is 11.4 Å². The highest BCUT2D eigenvalue weighted by molar-refractivity contribution is 5.96. The fourth-order valence-electron chi connectivity index (χ4n) is 3.60. The van der Waals surface area contributed by atoms with E-state index in [-0.39, 0.29) is 17.5 Å². The normalized spacial score (nSPS) is 19.5. The topological polar surface area (TPSA) is 98.6 Å². The van der Waals surface area contributed by atoms with Gasteiger partial charge in [-0.15, -0.1) is 0 Å². The number of pyridine rings is 2. The predicted octanol–water partition coefficient (Wildman–Crippen LogP) is 3.13. The number of likely N-dealkylation sites (N-methyl/N-ethyl adjacent to an activating group) is 1. The molecule has 2 aliphatic rings. The number of aliphatic hydroxyl groups excluding tert-OH is 2. The van der Waals surface area contributed by atoms with Crippen LogP contribution in [0.3, 0.4) is 0 Å². The number of aryl methyl sites for hydroxylation is 1. The van der Waals surface area contributed by atoms with Crippen LogP contribution in [-0.4, -0.2) is 45.3 Å². The molecule has 2 unspecified atom stereocenters. The van der Waals surface area contributed by atoms with E-state index in [1.165, 1.54) is 12.3 Å². The average Bonchev–Trinajstić information content (AvgIpc) is 3.55. The molecule has 164 valence electrons. The fraction of sp³-hybridized carbons (Fsp3) is 0.409. The standard InChI is InChI=1S/C22H24F2N4O3/c1-11-6-16(19(29)22(2,23)24)25-10-15(11)14-7-13-9-26-18(27-20(30)12-4-5-12)8-17(13)28(3)21(14)31/h6-10,12,19,21,29,31H,4-5H2,1-3H3,(H,26,27,30). The number of halogens is 2. The third-order valence-electron chi connectivity index (χ3n) is 5.65. The predicted molar refractivity (Wildman–Crippen MR) is 112 cm³/mol. The number of carbonyl (C=O) groups excluding carboxylic acids is 1. The van der Waals surface area contributed by atoms with Gasteiger partial charge in [0, 0.05) is 55.0 Å². The quantitative estimate of drug-likeness (QED) is 0.674. The largest absolute Gasteiger partial charge is 0.380 e. The van der Waals surface area contributed by atoms with E-state index < -0.39 is 18.3 Å². The van der Waals surface area contributed by atoms with Gasteiger partial charge in [-0.1, -0.05) is 0 Å². The Hall–Kier alpha value is -2.91. The molecule has 2 aromatic rings. The first-order chi connectivity index (χ1) is 14.6. The summed E-state index contributed by atoms with van der Waals surface area (Å²) in [6.07, 6.45) is 3.49. The summed E-state index contributed by atoms with van der Waals surface area (Å²) in [4.78, 5) is 21.9. The Bertz CT molecular complexity index is 1060. The number of alkyl halides is 2. The van der Waals surface area contributed by atoms with Crippen molar-refractivity contribution in [2.24, 2.45) is 5.92 Å². The van der Waals surface area contributed by atoms with E-state index in [0.29, 0.717) is 35.1 Å². The van der Waals surface area contributed by atoms with E-state index in [0.717, 1.165) is 18.4 Å². The summed E-state index contributed by atoms with van der Waals surface area (Å²) >= 11 is 0. The molecule has 0 radical (unpaired) electrons. The number of amides is 1. The molecule has 2 atom stereocenters. The number of nitrogens with one attached hydrogen (secondary N) is 1. The van der Waals surface area contributed by atoms with E-state index in [2.05, 4.69) is 15.3 Å². The molecule has 1 aliphatic heterocycles. The second-order valence-electron chi connectivity index (χ2n) is 8.26. The molecule has 4 rings (SSSR count). The third-order valence-corrected chi connectivity index (χ3v) is 5.65. The van der Waals surface area contributed by atoms with Crippen molar-refractivity contribution in [3.63, 3.8) is 0 Å². The van der Waals surface area contributed by atoms with E-state index >= 15 is 0 Å². The molecule has 2 aromatic heterocycles. The summed E-state index contributed by atoms with van der Waals surface area (Å²) in [5.74, 6) is -2.90. The van der Waals surface area contributed by atoms with Gasteiger partial charge in [-0.3, -0.25) is 9.78 Å². The molecule has 1 aliphatic carbocycles. The fourth-order valence-corrected chi connectivity index (χ4v) is 3.60. The summed E-state index contributed by atoms with van der Waals surface area (Å²) in [6, 6.07) is 3.11. The smallest absolute Gasteiger partial charge is 0.276 e. The minimum Gasteiger partial charge on any atom is -0.380 e. The minimum absolute atomic E-state index is 0.0516. The maximum absolute atomic E-state index is 13.4. The van der Waals surface area contributed by atoms with Crippen molar-refractivity contribution in [3.05, 3.63) is 46.9 Å². The summed E-state index contributed by atoms with van der Waals surface area (Å²) in [6.45, 7) is 2.34. The van der Waals surface area contributed by atoms with Gasteiger partial charge in [0.25, 0.3) is 5.92 Å². The summed E-state index contributed by atoms with van der Waals surface area (Å²) in [5, 5.41) is 23.5. The Labute approximate surface area is 178 Å². The number of hydrogen-bond acceptors (Lipinski definition) is 6. The van der Waals surface area contributed by atoms with Crippen LogP contribution in [0, 0.1) is 12.8 Å². The summed E-state index contributed by atoms with van der Waals surface area (Å²) in [5.41, 5.74) is 2.99. The van der Waals surface area contributed by atoms with Crippen LogP contribution in [0.5, 0.6) is 0 Å².